The molecule has 3 aliphatic heterocycles. The quantitative estimate of drug-likeness (QED) is 0.163. The Morgan fingerprint density at radius 1 is 0.521 bits per heavy atom. The van der Waals surface area contributed by atoms with Crippen LogP contribution in [-0.2, 0) is 27.1 Å². The summed E-state index contributed by atoms with van der Waals surface area (Å²) in [6.45, 7) is 30.9. The highest BCUT2D eigenvalue weighted by Crippen LogP contribution is 2.58. The van der Waals surface area contributed by atoms with Crippen molar-refractivity contribution in [2.24, 2.45) is 0 Å². The lowest BCUT2D eigenvalue weighted by Crippen LogP contribution is -2.62. The average molecular weight is 970 g/mol. The van der Waals surface area contributed by atoms with Crippen LogP contribution in [0, 0.1) is 6.92 Å². The summed E-state index contributed by atoms with van der Waals surface area (Å²) in [7, 11) is 0. The molecule has 364 valence electrons. The highest BCUT2D eigenvalue weighted by molar-refractivity contribution is 7.26. The summed E-state index contributed by atoms with van der Waals surface area (Å²) < 4.78 is 2.66. The molecule has 13 rings (SSSR count). The van der Waals surface area contributed by atoms with Gasteiger partial charge in [-0.1, -0.05) is 174 Å². The number of fused-ring (bicyclic) bond motifs is 11. The van der Waals surface area contributed by atoms with Gasteiger partial charge < -0.3 is 14.6 Å². The molecule has 0 saturated carbocycles. The fourth-order valence-electron chi connectivity index (χ4n) is 13.4. The third-order valence-electron chi connectivity index (χ3n) is 17.7. The molecule has 73 heavy (non-hydrogen) atoms. The largest absolute Gasteiger partial charge is 0.376 e. The Morgan fingerprint density at radius 2 is 1.12 bits per heavy atom. The Morgan fingerprint density at radius 3 is 1.78 bits per heavy atom. The first-order valence-electron chi connectivity index (χ1n) is 26.8. The van der Waals surface area contributed by atoms with Crippen LogP contribution < -0.4 is 25.5 Å². The Hall–Kier alpha value is -6.56. The lowest BCUT2D eigenvalue weighted by Gasteiger charge is -2.51. The monoisotopic (exact) mass is 970 g/mol. The topological polar surface area (TPSA) is 9.72 Å². The smallest absolute Gasteiger partial charge is 0.333 e. The third-order valence-corrected chi connectivity index (χ3v) is 18.9. The van der Waals surface area contributed by atoms with Gasteiger partial charge in [-0.25, -0.2) is 0 Å². The van der Waals surface area contributed by atoms with Gasteiger partial charge in [-0.3, -0.25) is 0 Å². The molecule has 0 N–H and O–H groups in total. The lowest BCUT2D eigenvalue weighted by atomic mass is 9.42. The van der Waals surface area contributed by atoms with Crippen LogP contribution in [0.5, 0.6) is 0 Å². The second kappa shape index (κ2) is 15.5. The first-order chi connectivity index (χ1) is 34.6. The van der Waals surface area contributed by atoms with Gasteiger partial charge in [0, 0.05) is 71.0 Å². The van der Waals surface area contributed by atoms with Gasteiger partial charge in [0.05, 0.1) is 5.69 Å². The maximum atomic E-state index is 2.80. The fourth-order valence-corrected chi connectivity index (χ4v) is 14.6. The summed E-state index contributed by atoms with van der Waals surface area (Å²) >= 11 is 1.95. The normalized spacial score (nSPS) is 16.7. The summed E-state index contributed by atoms with van der Waals surface area (Å²) in [5.41, 5.74) is 24.8. The number of nitrogens with zero attached hydrogens (tertiary/aromatic N) is 3. The predicted molar refractivity (Wildman–Crippen MR) is 317 cm³/mol. The molecule has 0 unspecified atom stereocenters. The SMILES string of the molecule is Cc1cc2c(cc1N1B3c4cccc5c4N(c4ccccc4C5(C)C)c4cc(N(c5ccc(C(C)(C)C)cc5)c5ccc(C(C)(C)C)cc5)cc(c43)-c3c1ccc1c3sc3ccccc31)C(C)(C)CCC2(C)C. The van der Waals surface area contributed by atoms with Crippen LogP contribution in [0.25, 0.3) is 31.3 Å². The van der Waals surface area contributed by atoms with Crippen molar-refractivity contribution in [2.45, 2.75) is 130 Å². The average Bonchev–Trinajstić information content (AvgIpc) is 3.75. The highest BCUT2D eigenvalue weighted by Gasteiger charge is 2.51. The maximum Gasteiger partial charge on any atom is 0.333 e. The molecule has 0 amide bonds. The predicted octanol–water partition coefficient (Wildman–Crippen LogP) is 18.1. The van der Waals surface area contributed by atoms with Crippen molar-refractivity contribution in [2.75, 3.05) is 14.6 Å². The van der Waals surface area contributed by atoms with E-state index in [1.165, 1.54) is 116 Å². The van der Waals surface area contributed by atoms with Crippen LogP contribution in [0.3, 0.4) is 0 Å². The number of benzene rings is 8. The molecular formula is C68H68BN3S. The van der Waals surface area contributed by atoms with E-state index in [0.29, 0.717) is 0 Å². The van der Waals surface area contributed by atoms with Crippen molar-refractivity contribution in [3.8, 4) is 11.1 Å². The Kier molecular flexibility index (Phi) is 9.82. The van der Waals surface area contributed by atoms with Crippen molar-refractivity contribution < 1.29 is 0 Å². The maximum absolute atomic E-state index is 2.80. The molecule has 0 atom stereocenters. The van der Waals surface area contributed by atoms with Crippen LogP contribution in [0.2, 0.25) is 0 Å². The summed E-state index contributed by atoms with van der Waals surface area (Å²) in [5, 5.41) is 2.64. The first-order valence-corrected chi connectivity index (χ1v) is 27.6. The van der Waals surface area contributed by atoms with E-state index in [2.05, 4.69) is 256 Å². The number of para-hydroxylation sites is 2. The molecule has 4 heterocycles. The second-order valence-electron chi connectivity index (χ2n) is 25.7. The third kappa shape index (κ3) is 6.76. The van der Waals surface area contributed by atoms with Crippen molar-refractivity contribution >= 4 is 94.8 Å². The number of thiophene rings is 1. The summed E-state index contributed by atoms with van der Waals surface area (Å²) in [6.07, 6.45) is 2.35. The van der Waals surface area contributed by atoms with Crippen LogP contribution in [0.1, 0.15) is 135 Å². The molecule has 0 radical (unpaired) electrons. The van der Waals surface area contributed by atoms with Gasteiger partial charge in [-0.05, 0) is 158 Å². The van der Waals surface area contributed by atoms with Crippen molar-refractivity contribution in [3.05, 3.63) is 191 Å². The van der Waals surface area contributed by atoms with E-state index in [9.17, 15) is 0 Å². The van der Waals surface area contributed by atoms with E-state index in [1.807, 2.05) is 11.3 Å². The standard InChI is InChI=1S/C68H68BN3S/c1-41-37-52-53(67(10,11)36-35-66(52,8)9)40-57(41)72-56-34-33-48-47-19-14-17-24-59(47)73-63(48)60(56)49-38-46(70(44-29-25-42(26-30-44)64(2,3)4)45-31-27-43(28-32-45)65(5,6)7)39-58-61(49)69(72)54-22-18-21-51-62(54)71(58)55-23-16-15-20-50(55)68(51,12)13/h14-34,37-40H,35-36H2,1-13H3. The summed E-state index contributed by atoms with van der Waals surface area (Å²) in [5.74, 6) is 0. The van der Waals surface area contributed by atoms with Gasteiger partial charge in [0.25, 0.3) is 0 Å². The number of hydrogen-bond acceptors (Lipinski definition) is 4. The molecule has 8 aromatic carbocycles. The highest BCUT2D eigenvalue weighted by atomic mass is 32.1. The molecule has 1 aliphatic carbocycles. The Bertz CT molecular complexity index is 3710. The molecule has 1 aromatic heterocycles. The van der Waals surface area contributed by atoms with Gasteiger partial charge in [-0.2, -0.15) is 0 Å². The van der Waals surface area contributed by atoms with Gasteiger partial charge in [0.1, 0.15) is 0 Å². The Balaban J connectivity index is 1.18. The molecule has 3 nitrogen and oxygen atoms in total. The zero-order valence-corrected chi connectivity index (χ0v) is 46.0. The minimum Gasteiger partial charge on any atom is -0.376 e. The van der Waals surface area contributed by atoms with E-state index in [0.717, 1.165) is 23.5 Å². The van der Waals surface area contributed by atoms with E-state index in [1.54, 1.807) is 0 Å². The van der Waals surface area contributed by atoms with Crippen LogP contribution >= 0.6 is 11.3 Å². The molecule has 0 saturated heterocycles. The van der Waals surface area contributed by atoms with Gasteiger partial charge in [0.15, 0.2) is 0 Å². The lowest BCUT2D eigenvalue weighted by molar-refractivity contribution is 0.332. The zero-order chi connectivity index (χ0) is 50.9. The minimum absolute atomic E-state index is 0.0246. The van der Waals surface area contributed by atoms with Gasteiger partial charge in [0.2, 0.25) is 0 Å². The van der Waals surface area contributed by atoms with Crippen LogP contribution in [0.4, 0.5) is 45.5 Å². The number of anilines is 8. The van der Waals surface area contributed by atoms with Crippen LogP contribution in [0.15, 0.2) is 152 Å². The van der Waals surface area contributed by atoms with Crippen molar-refractivity contribution in [1.29, 1.82) is 0 Å². The van der Waals surface area contributed by atoms with Gasteiger partial charge >= 0.3 is 6.85 Å². The molecular weight excluding hydrogens is 902 g/mol. The first kappa shape index (κ1) is 46.2. The number of rotatable bonds is 4. The Labute approximate surface area is 438 Å². The number of aryl methyl sites for hydroxylation is 1. The minimum atomic E-state index is -0.232. The fraction of sp³-hybridized carbons (Fsp3) is 0.294. The number of hydrogen-bond donors (Lipinski definition) is 0. The van der Waals surface area contributed by atoms with Crippen molar-refractivity contribution in [1.82, 2.24) is 0 Å². The van der Waals surface area contributed by atoms with Crippen molar-refractivity contribution in [3.63, 3.8) is 0 Å². The summed E-state index contributed by atoms with van der Waals surface area (Å²) in [4.78, 5) is 8.00. The molecule has 0 bridgehead atoms. The van der Waals surface area contributed by atoms with E-state index in [-0.39, 0.29) is 33.9 Å². The molecule has 5 heteroatoms. The van der Waals surface area contributed by atoms with Crippen LogP contribution in [-0.4, -0.2) is 6.85 Å². The molecule has 4 aliphatic rings. The second-order valence-corrected chi connectivity index (χ2v) is 26.8. The molecule has 9 aromatic rings. The summed E-state index contributed by atoms with van der Waals surface area (Å²) in [6, 6.07) is 59.5. The van der Waals surface area contributed by atoms with E-state index < -0.39 is 0 Å². The van der Waals surface area contributed by atoms with Gasteiger partial charge in [-0.15, -0.1) is 11.3 Å². The van der Waals surface area contributed by atoms with E-state index in [4.69, 9.17) is 0 Å². The van der Waals surface area contributed by atoms with E-state index >= 15 is 0 Å². The zero-order valence-electron chi connectivity index (χ0n) is 45.2. The molecule has 0 fully saturated rings. The molecule has 0 spiro atoms.